The van der Waals surface area contributed by atoms with Gasteiger partial charge in [0.1, 0.15) is 0 Å². The summed E-state index contributed by atoms with van der Waals surface area (Å²) in [6, 6.07) is 10.6. The van der Waals surface area contributed by atoms with Crippen molar-refractivity contribution in [1.82, 2.24) is 14.7 Å². The first-order chi connectivity index (χ1) is 11.8. The summed E-state index contributed by atoms with van der Waals surface area (Å²) in [6.45, 7) is 2.45. The molecule has 0 aliphatic rings. The average Bonchev–Trinajstić information content (AvgIpc) is 3.04. The Morgan fingerprint density at radius 3 is 2.64 bits per heavy atom. The van der Waals surface area contributed by atoms with Crippen LogP contribution in [0, 0.1) is 6.92 Å². The van der Waals surface area contributed by atoms with Gasteiger partial charge in [0.2, 0.25) is 5.82 Å². The van der Waals surface area contributed by atoms with Crippen molar-refractivity contribution < 1.29 is 17.7 Å². The molecule has 5 nitrogen and oxygen atoms in total. The van der Waals surface area contributed by atoms with Crippen molar-refractivity contribution in [2.75, 3.05) is 0 Å². The number of hydrogen-bond donors (Lipinski definition) is 0. The first-order valence-corrected chi connectivity index (χ1v) is 7.50. The largest absolute Gasteiger partial charge is 0.471 e. The van der Waals surface area contributed by atoms with Crippen LogP contribution in [0.15, 0.2) is 51.9 Å². The number of aryl methyl sites for hydroxylation is 3. The van der Waals surface area contributed by atoms with Gasteiger partial charge in [-0.05, 0) is 25.0 Å². The molecule has 2 aromatic heterocycles. The van der Waals surface area contributed by atoms with E-state index in [2.05, 4.69) is 14.7 Å². The van der Waals surface area contributed by atoms with E-state index in [0.29, 0.717) is 13.0 Å². The Morgan fingerprint density at radius 2 is 2.00 bits per heavy atom. The predicted molar refractivity (Wildman–Crippen MR) is 83.9 cm³/mol. The molecule has 0 aliphatic heterocycles. The Kier molecular flexibility index (Phi) is 4.43. The van der Waals surface area contributed by atoms with E-state index in [1.54, 1.807) is 0 Å². The van der Waals surface area contributed by atoms with Gasteiger partial charge in [-0.3, -0.25) is 4.79 Å². The molecule has 3 rings (SSSR count). The van der Waals surface area contributed by atoms with Gasteiger partial charge in [0, 0.05) is 24.4 Å². The fourth-order valence-electron chi connectivity index (χ4n) is 2.40. The maximum atomic E-state index is 12.5. The zero-order chi connectivity index (χ0) is 18.0. The number of nitrogens with zero attached hydrogens (tertiary/aromatic N) is 3. The maximum absolute atomic E-state index is 12.5. The van der Waals surface area contributed by atoms with Crippen molar-refractivity contribution >= 4 is 0 Å². The summed E-state index contributed by atoms with van der Waals surface area (Å²) >= 11 is 0. The van der Waals surface area contributed by atoms with E-state index in [-0.39, 0.29) is 16.9 Å². The average molecular weight is 349 g/mol. The number of pyridine rings is 1. The summed E-state index contributed by atoms with van der Waals surface area (Å²) < 4.78 is 43.1. The Hall–Kier alpha value is -2.90. The molecular formula is C17H14F3N3O2. The summed E-state index contributed by atoms with van der Waals surface area (Å²) in [5, 5.41) is 3.27. The topological polar surface area (TPSA) is 60.9 Å². The molecule has 130 valence electrons. The van der Waals surface area contributed by atoms with E-state index in [9.17, 15) is 18.0 Å². The fourth-order valence-corrected chi connectivity index (χ4v) is 2.40. The minimum atomic E-state index is -4.71. The van der Waals surface area contributed by atoms with Crippen molar-refractivity contribution in [3.63, 3.8) is 0 Å². The highest BCUT2D eigenvalue weighted by atomic mass is 19.4. The van der Waals surface area contributed by atoms with Crippen LogP contribution in [-0.2, 0) is 19.1 Å². The zero-order valence-electron chi connectivity index (χ0n) is 13.2. The van der Waals surface area contributed by atoms with Crippen molar-refractivity contribution in [2.24, 2.45) is 0 Å². The Bertz CT molecular complexity index is 945. The number of benzene rings is 1. The third-order valence-corrected chi connectivity index (χ3v) is 3.65. The van der Waals surface area contributed by atoms with Crippen LogP contribution in [0.1, 0.15) is 17.0 Å². The molecule has 0 spiro atoms. The molecule has 25 heavy (non-hydrogen) atoms. The van der Waals surface area contributed by atoms with Gasteiger partial charge in [-0.2, -0.15) is 18.2 Å². The van der Waals surface area contributed by atoms with E-state index in [0.717, 1.165) is 11.1 Å². The lowest BCUT2D eigenvalue weighted by molar-refractivity contribution is -0.159. The van der Waals surface area contributed by atoms with Gasteiger partial charge in [0.15, 0.2) is 0 Å². The molecule has 8 heteroatoms. The lowest BCUT2D eigenvalue weighted by Crippen LogP contribution is -2.19. The van der Waals surface area contributed by atoms with Crippen molar-refractivity contribution in [3.05, 3.63) is 70.0 Å². The first kappa shape index (κ1) is 16.9. The Balaban J connectivity index is 1.77. The molecule has 0 unspecified atom stereocenters. The lowest BCUT2D eigenvalue weighted by atomic mass is 10.1. The summed E-state index contributed by atoms with van der Waals surface area (Å²) in [5.41, 5.74) is 2.07. The smallest absolute Gasteiger partial charge is 0.329 e. The van der Waals surface area contributed by atoms with Crippen molar-refractivity contribution in [1.29, 1.82) is 0 Å². The molecule has 3 aromatic rings. The standard InChI is InChI=1S/C17H14F3N3O2/c1-11-3-2-4-12(9-11)5-7-23-8-6-13(10-14(23)24)15-21-16(25-22-15)17(18,19)20/h2-4,6,8-10H,5,7H2,1H3. The minimum absolute atomic E-state index is 0.177. The third kappa shape index (κ3) is 3.96. The van der Waals surface area contributed by atoms with Gasteiger partial charge in [0.05, 0.1) is 0 Å². The summed E-state index contributed by atoms with van der Waals surface area (Å²) in [7, 11) is 0. The van der Waals surface area contributed by atoms with Crippen LogP contribution in [-0.4, -0.2) is 14.7 Å². The second kappa shape index (κ2) is 6.54. The van der Waals surface area contributed by atoms with E-state index in [1.807, 2.05) is 31.2 Å². The van der Waals surface area contributed by atoms with Gasteiger partial charge in [-0.15, -0.1) is 0 Å². The van der Waals surface area contributed by atoms with E-state index in [1.165, 1.54) is 22.9 Å². The first-order valence-electron chi connectivity index (χ1n) is 7.50. The molecule has 0 radical (unpaired) electrons. The van der Waals surface area contributed by atoms with Crippen molar-refractivity contribution in [3.8, 4) is 11.4 Å². The molecule has 0 atom stereocenters. The molecule has 0 saturated carbocycles. The molecule has 2 heterocycles. The molecule has 0 amide bonds. The highest BCUT2D eigenvalue weighted by molar-refractivity contribution is 5.52. The molecule has 0 aliphatic carbocycles. The zero-order valence-corrected chi connectivity index (χ0v) is 13.2. The van der Waals surface area contributed by atoms with Crippen LogP contribution in [0.4, 0.5) is 13.2 Å². The second-order valence-electron chi connectivity index (χ2n) is 5.61. The molecule has 0 N–H and O–H groups in total. The normalized spacial score (nSPS) is 11.7. The highest BCUT2D eigenvalue weighted by Gasteiger charge is 2.38. The molecule has 0 bridgehead atoms. The van der Waals surface area contributed by atoms with Crippen LogP contribution in [0.25, 0.3) is 11.4 Å². The summed E-state index contributed by atoms with van der Waals surface area (Å²) in [6.07, 6.45) is -2.54. The van der Waals surface area contributed by atoms with Gasteiger partial charge >= 0.3 is 12.1 Å². The molecule has 0 saturated heterocycles. The van der Waals surface area contributed by atoms with Gasteiger partial charge in [-0.25, -0.2) is 0 Å². The predicted octanol–water partition coefficient (Wildman–Crippen LogP) is 3.47. The van der Waals surface area contributed by atoms with Crippen LogP contribution in [0.3, 0.4) is 0 Å². The summed E-state index contributed by atoms with van der Waals surface area (Å²) in [4.78, 5) is 15.4. The van der Waals surface area contributed by atoms with Gasteiger partial charge < -0.3 is 9.09 Å². The molecule has 1 aromatic carbocycles. The summed E-state index contributed by atoms with van der Waals surface area (Å²) in [5.74, 6) is -1.71. The fraction of sp³-hybridized carbons (Fsp3) is 0.235. The third-order valence-electron chi connectivity index (χ3n) is 3.65. The second-order valence-corrected chi connectivity index (χ2v) is 5.61. The lowest BCUT2D eigenvalue weighted by Gasteiger charge is -2.07. The Morgan fingerprint density at radius 1 is 1.20 bits per heavy atom. The number of alkyl halides is 3. The number of halogens is 3. The maximum Gasteiger partial charge on any atom is 0.471 e. The number of hydrogen-bond acceptors (Lipinski definition) is 4. The SMILES string of the molecule is Cc1cccc(CCn2ccc(-c3noc(C(F)(F)F)n3)cc2=O)c1. The van der Waals surface area contributed by atoms with E-state index >= 15 is 0 Å². The number of aromatic nitrogens is 3. The highest BCUT2D eigenvalue weighted by Crippen LogP contribution is 2.29. The monoisotopic (exact) mass is 349 g/mol. The van der Waals surface area contributed by atoms with Crippen LogP contribution in [0.2, 0.25) is 0 Å². The Labute approximate surface area is 140 Å². The molecular weight excluding hydrogens is 335 g/mol. The van der Waals surface area contributed by atoms with Crippen LogP contribution >= 0.6 is 0 Å². The van der Waals surface area contributed by atoms with Gasteiger partial charge in [0.25, 0.3) is 5.56 Å². The van der Waals surface area contributed by atoms with Crippen LogP contribution < -0.4 is 5.56 Å². The van der Waals surface area contributed by atoms with Crippen LogP contribution in [0.5, 0.6) is 0 Å². The molecule has 0 fully saturated rings. The van der Waals surface area contributed by atoms with E-state index < -0.39 is 12.1 Å². The van der Waals surface area contributed by atoms with Gasteiger partial charge in [-0.1, -0.05) is 35.0 Å². The quantitative estimate of drug-likeness (QED) is 0.724. The minimum Gasteiger partial charge on any atom is -0.329 e. The van der Waals surface area contributed by atoms with E-state index in [4.69, 9.17) is 0 Å². The number of rotatable bonds is 4. The van der Waals surface area contributed by atoms with Crippen molar-refractivity contribution in [2.45, 2.75) is 26.1 Å².